The molecule has 0 atom stereocenters. The van der Waals surface area contributed by atoms with Gasteiger partial charge in [-0.25, -0.2) is 0 Å². The topological polar surface area (TPSA) is 52.6 Å². The molecule has 24 heavy (non-hydrogen) atoms. The zero-order valence-corrected chi connectivity index (χ0v) is 16.4. The number of carbonyl (C=O) groups excluding carboxylic acids is 2. The van der Waals surface area contributed by atoms with E-state index in [9.17, 15) is 9.59 Å². The van der Waals surface area contributed by atoms with E-state index in [1.165, 1.54) is 6.92 Å². The molecule has 0 saturated carbocycles. The lowest BCUT2D eigenvalue weighted by Gasteiger charge is -2.40. The Bertz CT molecular complexity index is 634. The highest BCUT2D eigenvalue weighted by molar-refractivity contribution is 5.83. The molecule has 0 fully saturated rings. The van der Waals surface area contributed by atoms with Crippen LogP contribution < -0.4 is 9.47 Å². The number of benzene rings is 1. The molecule has 0 aliphatic rings. The second-order valence-electron chi connectivity index (χ2n) is 8.30. The Morgan fingerprint density at radius 2 is 1.42 bits per heavy atom. The highest BCUT2D eigenvalue weighted by Crippen LogP contribution is 2.40. The van der Waals surface area contributed by atoms with E-state index in [0.29, 0.717) is 11.5 Å². The SMILES string of the molecule is CC(=O)Oc1ccc(C(C)(C)C)cc1OC(C)(C)C(C)(C)C(C)=O. The largest absolute Gasteiger partial charge is 0.483 e. The van der Waals surface area contributed by atoms with E-state index in [1.54, 1.807) is 13.0 Å². The molecular weight excluding hydrogens is 304 g/mol. The summed E-state index contributed by atoms with van der Waals surface area (Å²) in [7, 11) is 0. The highest BCUT2D eigenvalue weighted by atomic mass is 16.6. The maximum Gasteiger partial charge on any atom is 0.308 e. The van der Waals surface area contributed by atoms with Gasteiger partial charge in [0.2, 0.25) is 0 Å². The zero-order chi connectivity index (χ0) is 18.9. The molecule has 1 rings (SSSR count). The third-order valence-corrected chi connectivity index (χ3v) is 4.81. The molecule has 4 nitrogen and oxygen atoms in total. The van der Waals surface area contributed by atoms with E-state index in [1.807, 2.05) is 39.8 Å². The quantitative estimate of drug-likeness (QED) is 0.579. The maximum atomic E-state index is 12.0. The molecule has 0 amide bonds. The second-order valence-corrected chi connectivity index (χ2v) is 8.30. The minimum atomic E-state index is -0.774. The Hall–Kier alpha value is -1.84. The van der Waals surface area contributed by atoms with Crippen LogP contribution in [0, 0.1) is 5.41 Å². The highest BCUT2D eigenvalue weighted by Gasteiger charge is 2.43. The lowest BCUT2D eigenvalue weighted by Crippen LogP contribution is -2.48. The van der Waals surface area contributed by atoms with E-state index in [2.05, 4.69) is 20.8 Å². The fourth-order valence-electron chi connectivity index (χ4n) is 2.12. The molecule has 0 saturated heterocycles. The summed E-state index contributed by atoms with van der Waals surface area (Å²) < 4.78 is 11.5. The van der Waals surface area contributed by atoms with Gasteiger partial charge in [-0.05, 0) is 57.7 Å². The molecule has 0 radical (unpaired) electrons. The summed E-state index contributed by atoms with van der Waals surface area (Å²) in [6.45, 7) is 16.7. The van der Waals surface area contributed by atoms with Gasteiger partial charge in [0.15, 0.2) is 11.5 Å². The van der Waals surface area contributed by atoms with Gasteiger partial charge in [0.25, 0.3) is 0 Å². The summed E-state index contributed by atoms with van der Waals surface area (Å²) in [5.41, 5.74) is -0.486. The van der Waals surface area contributed by atoms with Crippen LogP contribution in [0.15, 0.2) is 18.2 Å². The third kappa shape index (κ3) is 4.37. The summed E-state index contributed by atoms with van der Waals surface area (Å²) in [6.07, 6.45) is 0. The van der Waals surface area contributed by atoms with E-state index in [4.69, 9.17) is 9.47 Å². The lowest BCUT2D eigenvalue weighted by atomic mass is 9.74. The van der Waals surface area contributed by atoms with Crippen LogP contribution in [0.1, 0.15) is 67.9 Å². The van der Waals surface area contributed by atoms with Crippen LogP contribution in [0.25, 0.3) is 0 Å². The van der Waals surface area contributed by atoms with Crippen LogP contribution in [-0.2, 0) is 15.0 Å². The van der Waals surface area contributed by atoms with Crippen molar-refractivity contribution in [2.24, 2.45) is 5.41 Å². The van der Waals surface area contributed by atoms with Crippen molar-refractivity contribution in [2.75, 3.05) is 0 Å². The monoisotopic (exact) mass is 334 g/mol. The van der Waals surface area contributed by atoms with Gasteiger partial charge in [0.05, 0.1) is 5.41 Å². The van der Waals surface area contributed by atoms with Gasteiger partial charge in [0.1, 0.15) is 11.4 Å². The van der Waals surface area contributed by atoms with Gasteiger partial charge in [-0.15, -0.1) is 0 Å². The summed E-state index contributed by atoms with van der Waals surface area (Å²) in [6, 6.07) is 5.55. The van der Waals surface area contributed by atoms with E-state index < -0.39 is 17.0 Å². The fraction of sp³-hybridized carbons (Fsp3) is 0.600. The van der Waals surface area contributed by atoms with Crippen molar-refractivity contribution in [3.05, 3.63) is 23.8 Å². The molecular formula is C20H30O4. The minimum Gasteiger partial charge on any atom is -0.483 e. The Morgan fingerprint density at radius 3 is 1.83 bits per heavy atom. The molecule has 134 valence electrons. The molecule has 0 aliphatic carbocycles. The van der Waals surface area contributed by atoms with Crippen LogP contribution in [0.2, 0.25) is 0 Å². The summed E-state index contributed by atoms with van der Waals surface area (Å²) in [5.74, 6) is 0.459. The van der Waals surface area contributed by atoms with Crippen LogP contribution in [0.3, 0.4) is 0 Å². The van der Waals surface area contributed by atoms with Crippen LogP contribution in [0.5, 0.6) is 11.5 Å². The zero-order valence-electron chi connectivity index (χ0n) is 16.4. The molecule has 0 spiro atoms. The van der Waals surface area contributed by atoms with Crippen molar-refractivity contribution in [3.63, 3.8) is 0 Å². The Labute approximate surface area is 145 Å². The first-order chi connectivity index (χ1) is 10.7. The third-order valence-electron chi connectivity index (χ3n) is 4.81. The van der Waals surface area contributed by atoms with Crippen molar-refractivity contribution < 1.29 is 19.1 Å². The first kappa shape index (κ1) is 20.2. The Morgan fingerprint density at radius 1 is 0.875 bits per heavy atom. The number of ketones is 1. The molecule has 1 aromatic rings. The molecule has 1 aromatic carbocycles. The van der Waals surface area contributed by atoms with E-state index in [-0.39, 0.29) is 11.2 Å². The molecule has 0 heterocycles. The number of hydrogen-bond donors (Lipinski definition) is 0. The molecule has 0 unspecified atom stereocenters. The van der Waals surface area contributed by atoms with Crippen LogP contribution >= 0.6 is 0 Å². The summed E-state index contributed by atoms with van der Waals surface area (Å²) in [4.78, 5) is 23.4. The van der Waals surface area contributed by atoms with Crippen molar-refractivity contribution in [1.29, 1.82) is 0 Å². The Balaban J connectivity index is 3.38. The minimum absolute atomic E-state index is 0.0357. The van der Waals surface area contributed by atoms with Crippen molar-refractivity contribution in [2.45, 2.75) is 73.3 Å². The van der Waals surface area contributed by atoms with Crippen molar-refractivity contribution in [1.82, 2.24) is 0 Å². The summed E-state index contributed by atoms with van der Waals surface area (Å²) in [5, 5.41) is 0. The van der Waals surface area contributed by atoms with Crippen LogP contribution in [0.4, 0.5) is 0 Å². The standard InChI is InChI=1S/C20H30O4/c1-13(21)19(6,7)20(8,9)24-17-12-15(18(3,4)5)10-11-16(17)23-14(2)22/h10-12H,1-9H3. The predicted molar refractivity (Wildman–Crippen MR) is 95.6 cm³/mol. The first-order valence-corrected chi connectivity index (χ1v) is 8.21. The maximum absolute atomic E-state index is 12.0. The molecule has 0 aliphatic heterocycles. The predicted octanol–water partition coefficient (Wildman–Crippen LogP) is 4.68. The van der Waals surface area contributed by atoms with E-state index in [0.717, 1.165) is 5.56 Å². The molecule has 4 heteroatoms. The van der Waals surface area contributed by atoms with Gasteiger partial charge in [-0.2, -0.15) is 0 Å². The number of carbonyl (C=O) groups is 2. The van der Waals surface area contributed by atoms with E-state index >= 15 is 0 Å². The second kappa shape index (κ2) is 6.58. The fourth-order valence-corrected chi connectivity index (χ4v) is 2.12. The van der Waals surface area contributed by atoms with Crippen LogP contribution in [-0.4, -0.2) is 17.4 Å². The average molecular weight is 334 g/mol. The van der Waals surface area contributed by atoms with Gasteiger partial charge in [-0.1, -0.05) is 26.8 Å². The number of ether oxygens (including phenoxy) is 2. The van der Waals surface area contributed by atoms with Crippen molar-refractivity contribution >= 4 is 11.8 Å². The molecule has 0 N–H and O–H groups in total. The summed E-state index contributed by atoms with van der Waals surface area (Å²) >= 11 is 0. The van der Waals surface area contributed by atoms with Gasteiger partial charge in [0, 0.05) is 6.92 Å². The Kier molecular flexibility index (Phi) is 5.54. The number of rotatable bonds is 5. The first-order valence-electron chi connectivity index (χ1n) is 8.21. The number of Topliss-reactive ketones (excluding diaryl/α,β-unsaturated/α-hetero) is 1. The lowest BCUT2D eigenvalue weighted by molar-refractivity contribution is -0.136. The smallest absolute Gasteiger partial charge is 0.308 e. The van der Waals surface area contributed by atoms with Gasteiger partial charge < -0.3 is 9.47 Å². The normalized spacial score (nSPS) is 12.7. The molecule has 0 aromatic heterocycles. The average Bonchev–Trinajstić information content (AvgIpc) is 2.38. The molecule has 0 bridgehead atoms. The van der Waals surface area contributed by atoms with Crippen molar-refractivity contribution in [3.8, 4) is 11.5 Å². The van der Waals surface area contributed by atoms with Gasteiger partial charge in [-0.3, -0.25) is 9.59 Å². The number of esters is 1. The van der Waals surface area contributed by atoms with Gasteiger partial charge >= 0.3 is 5.97 Å². The number of hydrogen-bond acceptors (Lipinski definition) is 4.